The van der Waals surface area contributed by atoms with Crippen LogP contribution in [-0.2, 0) is 4.79 Å². The smallest absolute Gasteiger partial charge is 0.326 e. The molecule has 0 saturated carbocycles. The lowest BCUT2D eigenvalue weighted by Crippen LogP contribution is -2.42. The number of carboxylic acids is 1. The van der Waals surface area contributed by atoms with E-state index in [0.717, 1.165) is 6.07 Å². The monoisotopic (exact) mass is 364 g/mol. The highest BCUT2D eigenvalue weighted by atomic mass is 79.9. The van der Waals surface area contributed by atoms with E-state index in [1.165, 1.54) is 11.0 Å². The maximum atomic E-state index is 13.1. The molecule has 1 aliphatic rings. The molecule has 0 bridgehead atoms. The van der Waals surface area contributed by atoms with Crippen molar-refractivity contribution in [2.75, 3.05) is 11.9 Å². The molecular weight excluding hydrogens is 354 g/mol. The van der Waals surface area contributed by atoms with Crippen molar-refractivity contribution in [1.29, 1.82) is 0 Å². The molecule has 20 heavy (non-hydrogen) atoms. The molecule has 1 atom stereocenters. The Hall–Kier alpha value is -1.34. The first-order valence-corrected chi connectivity index (χ1v) is 7.02. The van der Waals surface area contributed by atoms with Crippen LogP contribution in [0.3, 0.4) is 0 Å². The number of benzene rings is 1. The van der Waals surface area contributed by atoms with E-state index in [-0.39, 0.29) is 10.7 Å². The second kappa shape index (κ2) is 5.97. The van der Waals surface area contributed by atoms with Crippen molar-refractivity contribution in [2.24, 2.45) is 0 Å². The van der Waals surface area contributed by atoms with Crippen molar-refractivity contribution in [3.8, 4) is 0 Å². The predicted molar refractivity (Wildman–Crippen MR) is 75.5 cm³/mol. The first-order valence-electron chi connectivity index (χ1n) is 5.85. The lowest BCUT2D eigenvalue weighted by molar-refractivity contribution is -0.141. The van der Waals surface area contributed by atoms with Gasteiger partial charge in [0.15, 0.2) is 0 Å². The van der Waals surface area contributed by atoms with E-state index < -0.39 is 23.9 Å². The molecule has 0 unspecified atom stereocenters. The fourth-order valence-electron chi connectivity index (χ4n) is 2.11. The summed E-state index contributed by atoms with van der Waals surface area (Å²) in [4.78, 5) is 24.4. The predicted octanol–water partition coefficient (Wildman–Crippen LogP) is 3.32. The van der Waals surface area contributed by atoms with Gasteiger partial charge in [0.05, 0.1) is 10.7 Å². The summed E-state index contributed by atoms with van der Waals surface area (Å²) >= 11 is 8.97. The number of amides is 2. The van der Waals surface area contributed by atoms with Crippen molar-refractivity contribution in [1.82, 2.24) is 4.90 Å². The Morgan fingerprint density at radius 3 is 2.80 bits per heavy atom. The van der Waals surface area contributed by atoms with Gasteiger partial charge in [0.1, 0.15) is 11.9 Å². The van der Waals surface area contributed by atoms with Gasteiger partial charge in [0, 0.05) is 11.0 Å². The van der Waals surface area contributed by atoms with E-state index in [1.54, 1.807) is 0 Å². The third-order valence-corrected chi connectivity index (χ3v) is 3.96. The van der Waals surface area contributed by atoms with Crippen molar-refractivity contribution in [3.05, 3.63) is 27.4 Å². The van der Waals surface area contributed by atoms with Gasteiger partial charge in [0.25, 0.3) is 0 Å². The van der Waals surface area contributed by atoms with Gasteiger partial charge in [-0.25, -0.2) is 14.0 Å². The Morgan fingerprint density at radius 2 is 2.20 bits per heavy atom. The van der Waals surface area contributed by atoms with Gasteiger partial charge < -0.3 is 15.3 Å². The van der Waals surface area contributed by atoms with E-state index in [9.17, 15) is 14.0 Å². The third kappa shape index (κ3) is 3.04. The molecule has 1 aliphatic heterocycles. The zero-order valence-electron chi connectivity index (χ0n) is 10.2. The number of halogens is 3. The fourth-order valence-corrected chi connectivity index (χ4v) is 3.01. The largest absolute Gasteiger partial charge is 0.480 e. The van der Waals surface area contributed by atoms with Gasteiger partial charge >= 0.3 is 12.0 Å². The summed E-state index contributed by atoms with van der Waals surface area (Å²) in [5, 5.41) is 11.6. The van der Waals surface area contributed by atoms with Crippen LogP contribution in [0.1, 0.15) is 12.8 Å². The molecule has 0 radical (unpaired) electrons. The van der Waals surface area contributed by atoms with E-state index >= 15 is 0 Å². The SMILES string of the molecule is O=C(O)[C@@H]1CCCN1C(=O)Nc1c(Cl)cc(F)cc1Br. The summed E-state index contributed by atoms with van der Waals surface area (Å²) in [7, 11) is 0. The van der Waals surface area contributed by atoms with Crippen LogP contribution < -0.4 is 5.32 Å². The number of rotatable bonds is 2. The van der Waals surface area contributed by atoms with Crippen LogP contribution in [0.2, 0.25) is 5.02 Å². The highest BCUT2D eigenvalue weighted by Crippen LogP contribution is 2.32. The molecule has 2 amide bonds. The average Bonchev–Trinajstić information content (AvgIpc) is 2.82. The molecule has 1 fully saturated rings. The molecule has 1 aromatic rings. The molecule has 0 aliphatic carbocycles. The third-order valence-electron chi connectivity index (χ3n) is 3.04. The summed E-state index contributed by atoms with van der Waals surface area (Å²) in [6.07, 6.45) is 1.05. The van der Waals surface area contributed by atoms with Crippen LogP contribution in [0.25, 0.3) is 0 Å². The summed E-state index contributed by atoms with van der Waals surface area (Å²) in [5.74, 6) is -1.58. The van der Waals surface area contributed by atoms with Crippen molar-refractivity contribution >= 4 is 45.2 Å². The van der Waals surface area contributed by atoms with Crippen LogP contribution >= 0.6 is 27.5 Å². The summed E-state index contributed by atoms with van der Waals surface area (Å²) in [6, 6.07) is 0.831. The second-order valence-corrected chi connectivity index (χ2v) is 5.63. The van der Waals surface area contributed by atoms with E-state index in [2.05, 4.69) is 21.2 Å². The first kappa shape index (κ1) is 15.1. The number of nitrogens with zero attached hydrogens (tertiary/aromatic N) is 1. The zero-order valence-corrected chi connectivity index (χ0v) is 12.5. The Kier molecular flexibility index (Phi) is 4.49. The maximum Gasteiger partial charge on any atom is 0.326 e. The van der Waals surface area contributed by atoms with Crippen LogP contribution in [0.15, 0.2) is 16.6 Å². The Bertz CT molecular complexity index is 547. The first-order chi connectivity index (χ1) is 9.40. The minimum atomic E-state index is -1.04. The summed E-state index contributed by atoms with van der Waals surface area (Å²) < 4.78 is 13.4. The van der Waals surface area contributed by atoms with E-state index in [4.69, 9.17) is 16.7 Å². The van der Waals surface area contributed by atoms with Crippen LogP contribution in [-0.4, -0.2) is 34.6 Å². The van der Waals surface area contributed by atoms with Crippen molar-refractivity contribution < 1.29 is 19.1 Å². The van der Waals surface area contributed by atoms with Crippen molar-refractivity contribution in [2.45, 2.75) is 18.9 Å². The van der Waals surface area contributed by atoms with E-state index in [1.807, 2.05) is 0 Å². The lowest BCUT2D eigenvalue weighted by Gasteiger charge is -2.22. The number of nitrogens with one attached hydrogen (secondary N) is 1. The average molecular weight is 366 g/mol. The number of carbonyl (C=O) groups excluding carboxylic acids is 1. The molecule has 1 heterocycles. The van der Waals surface area contributed by atoms with Gasteiger partial charge in [-0.3, -0.25) is 0 Å². The summed E-state index contributed by atoms with van der Waals surface area (Å²) in [5.41, 5.74) is 0.217. The Morgan fingerprint density at radius 1 is 1.50 bits per heavy atom. The molecule has 1 saturated heterocycles. The molecule has 0 aromatic heterocycles. The Labute approximate surface area is 127 Å². The van der Waals surface area contributed by atoms with Crippen LogP contribution in [0.5, 0.6) is 0 Å². The second-order valence-electron chi connectivity index (χ2n) is 4.36. The van der Waals surface area contributed by atoms with Crippen molar-refractivity contribution in [3.63, 3.8) is 0 Å². The molecule has 8 heteroatoms. The van der Waals surface area contributed by atoms with Gasteiger partial charge in [-0.05, 0) is 40.9 Å². The normalized spacial score (nSPS) is 18.1. The quantitative estimate of drug-likeness (QED) is 0.844. The number of carboxylic acid groups (broad SMARTS) is 1. The number of carbonyl (C=O) groups is 2. The highest BCUT2D eigenvalue weighted by Gasteiger charge is 2.34. The number of anilines is 1. The molecule has 2 N–H and O–H groups in total. The number of urea groups is 1. The minimum absolute atomic E-state index is 0.0382. The Balaban J connectivity index is 2.18. The standard InChI is InChI=1S/C12H11BrClFN2O3/c13-7-4-6(15)5-8(14)10(7)16-12(20)17-3-1-2-9(17)11(18)19/h4-5,9H,1-3H2,(H,16,20)(H,18,19)/t9-/m0/s1. The van der Waals surface area contributed by atoms with E-state index in [0.29, 0.717) is 23.9 Å². The van der Waals surface area contributed by atoms with Gasteiger partial charge in [-0.1, -0.05) is 11.6 Å². The number of likely N-dealkylation sites (tertiary alicyclic amines) is 1. The molecule has 1 aromatic carbocycles. The summed E-state index contributed by atoms with van der Waals surface area (Å²) in [6.45, 7) is 0.360. The van der Waals surface area contributed by atoms with Gasteiger partial charge in [-0.15, -0.1) is 0 Å². The molecule has 5 nitrogen and oxygen atoms in total. The number of hydrogen-bond acceptors (Lipinski definition) is 2. The molecule has 2 rings (SSSR count). The number of aliphatic carboxylic acids is 1. The molecular formula is C12H11BrClFN2O3. The zero-order chi connectivity index (χ0) is 14.9. The van der Waals surface area contributed by atoms with Crippen LogP contribution in [0.4, 0.5) is 14.9 Å². The fraction of sp³-hybridized carbons (Fsp3) is 0.333. The lowest BCUT2D eigenvalue weighted by atomic mass is 10.2. The maximum absolute atomic E-state index is 13.1. The van der Waals surface area contributed by atoms with Crippen LogP contribution in [0, 0.1) is 5.82 Å². The van der Waals surface area contributed by atoms with Gasteiger partial charge in [-0.2, -0.15) is 0 Å². The molecule has 0 spiro atoms. The topological polar surface area (TPSA) is 69.6 Å². The minimum Gasteiger partial charge on any atom is -0.480 e. The molecule has 108 valence electrons. The highest BCUT2D eigenvalue weighted by molar-refractivity contribution is 9.10. The number of hydrogen-bond donors (Lipinski definition) is 2. The van der Waals surface area contributed by atoms with Gasteiger partial charge in [0.2, 0.25) is 0 Å².